The fourth-order valence-corrected chi connectivity index (χ4v) is 1.18. The van der Waals surface area contributed by atoms with Crippen molar-refractivity contribution in [3.8, 4) is 0 Å². The highest BCUT2D eigenvalue weighted by molar-refractivity contribution is 7.80. The molecule has 0 aromatic carbocycles. The van der Waals surface area contributed by atoms with Crippen molar-refractivity contribution in [3.63, 3.8) is 0 Å². The number of aliphatic hydroxyl groups is 1. The van der Waals surface area contributed by atoms with Gasteiger partial charge in [-0.05, 0) is 0 Å². The second kappa shape index (κ2) is 7.44. The largest absolute Gasteiger partial charge is 0.480 e. The molecule has 1 saturated heterocycles. The summed E-state index contributed by atoms with van der Waals surface area (Å²) in [6.07, 6.45) is 0. The predicted molar refractivity (Wildman–Crippen MR) is 59.5 cm³/mol. The third-order valence-electron chi connectivity index (χ3n) is 1.89. The molecule has 16 heavy (non-hydrogen) atoms. The second-order valence-electron chi connectivity index (χ2n) is 3.20. The van der Waals surface area contributed by atoms with Gasteiger partial charge in [-0.15, -0.1) is 0 Å². The fourth-order valence-electron chi connectivity index (χ4n) is 0.797. The summed E-state index contributed by atoms with van der Waals surface area (Å²) in [5.74, 6) is -1.53. The van der Waals surface area contributed by atoms with Crippen LogP contribution in [0.3, 0.4) is 0 Å². The molecule has 8 heteroatoms. The van der Waals surface area contributed by atoms with Crippen LogP contribution in [0.25, 0.3) is 0 Å². The first-order chi connectivity index (χ1) is 7.43. The molecule has 7 nitrogen and oxygen atoms in total. The molecular formula is C8H16N2O5S. The average molecular weight is 252 g/mol. The minimum atomic E-state index is -1.18. The molecule has 1 aliphatic rings. The van der Waals surface area contributed by atoms with Crippen LogP contribution in [0.4, 0.5) is 0 Å². The van der Waals surface area contributed by atoms with Gasteiger partial charge < -0.3 is 21.1 Å². The van der Waals surface area contributed by atoms with Gasteiger partial charge in [0, 0.05) is 18.8 Å². The zero-order chi connectivity index (χ0) is 12.7. The van der Waals surface area contributed by atoms with Crippen molar-refractivity contribution in [2.45, 2.75) is 12.1 Å². The summed E-state index contributed by atoms with van der Waals surface area (Å²) < 4.78 is 0. The van der Waals surface area contributed by atoms with Crippen LogP contribution in [-0.4, -0.2) is 69.7 Å². The van der Waals surface area contributed by atoms with E-state index in [-0.39, 0.29) is 6.04 Å². The molecule has 1 rings (SSSR count). The third-order valence-corrected chi connectivity index (χ3v) is 2.24. The van der Waals surface area contributed by atoms with E-state index in [2.05, 4.69) is 12.6 Å². The van der Waals surface area contributed by atoms with Gasteiger partial charge in [0.2, 0.25) is 0 Å². The number of rotatable bonds is 5. The number of aliphatic hydroxyl groups excluding tert-OH is 1. The zero-order valence-corrected chi connectivity index (χ0v) is 9.51. The topological polar surface area (TPSA) is 124 Å². The molecule has 0 unspecified atom stereocenters. The Morgan fingerprint density at radius 3 is 1.88 bits per heavy atom. The van der Waals surface area contributed by atoms with Gasteiger partial charge in [0.15, 0.2) is 0 Å². The van der Waals surface area contributed by atoms with E-state index in [9.17, 15) is 9.59 Å². The second-order valence-corrected chi connectivity index (χ2v) is 3.57. The highest BCUT2D eigenvalue weighted by Crippen LogP contribution is 2.11. The van der Waals surface area contributed by atoms with Gasteiger partial charge in [-0.2, -0.15) is 12.6 Å². The molecule has 0 spiro atoms. The lowest BCUT2D eigenvalue weighted by molar-refractivity contribution is -0.140. The van der Waals surface area contributed by atoms with Crippen molar-refractivity contribution < 1.29 is 24.9 Å². The number of hydrogen-bond donors (Lipinski definition) is 5. The van der Waals surface area contributed by atoms with Crippen molar-refractivity contribution in [1.82, 2.24) is 4.90 Å². The molecule has 0 aliphatic carbocycles. The number of carboxylic acid groups (broad SMARTS) is 2. The maximum Gasteiger partial charge on any atom is 0.322 e. The van der Waals surface area contributed by atoms with Crippen LogP contribution >= 0.6 is 12.6 Å². The maximum atomic E-state index is 10.3. The van der Waals surface area contributed by atoms with Crippen molar-refractivity contribution >= 4 is 24.6 Å². The number of nitrogens with two attached hydrogens (primary N) is 1. The van der Waals surface area contributed by atoms with Crippen LogP contribution in [0.2, 0.25) is 0 Å². The van der Waals surface area contributed by atoms with Gasteiger partial charge in [-0.1, -0.05) is 0 Å². The lowest BCUT2D eigenvalue weighted by Crippen LogP contribution is -2.33. The number of carbonyl (C=O) groups is 2. The number of thiol groups is 1. The van der Waals surface area contributed by atoms with E-state index in [0.717, 1.165) is 13.1 Å². The Morgan fingerprint density at radius 1 is 1.31 bits per heavy atom. The Bertz CT molecular complexity index is 247. The lowest BCUT2D eigenvalue weighted by atomic mass is 10.3. The first-order valence-corrected chi connectivity index (χ1v) is 5.24. The van der Waals surface area contributed by atoms with Crippen molar-refractivity contribution in [2.75, 3.05) is 25.4 Å². The zero-order valence-electron chi connectivity index (χ0n) is 8.61. The minimum Gasteiger partial charge on any atom is -0.480 e. The van der Waals surface area contributed by atoms with Crippen molar-refractivity contribution in [3.05, 3.63) is 0 Å². The molecule has 0 aromatic rings. The van der Waals surface area contributed by atoms with Gasteiger partial charge >= 0.3 is 11.9 Å². The molecule has 0 bridgehead atoms. The standard InChI is InChI=1S/C5H9NO2S.C3H7NO3/c7-5(8)4(3-9)6-1-2-6;4-2(1-5)3(6)7/h4,9H,1-3H2,(H,7,8);2,5H,1,4H2,(H,6,7)/t4-;2-/m00/s1. The Labute approximate surface area is 98.3 Å². The molecule has 1 heterocycles. The maximum absolute atomic E-state index is 10.3. The quantitative estimate of drug-likeness (QED) is 0.285. The highest BCUT2D eigenvalue weighted by atomic mass is 32.1. The molecule has 5 N–H and O–H groups in total. The molecule has 0 radical (unpaired) electrons. The number of nitrogens with zero attached hydrogens (tertiary/aromatic N) is 1. The van der Waals surface area contributed by atoms with Crippen LogP contribution < -0.4 is 5.73 Å². The summed E-state index contributed by atoms with van der Waals surface area (Å²) in [5.41, 5.74) is 4.77. The number of hydrogen-bond acceptors (Lipinski definition) is 6. The van der Waals surface area contributed by atoms with E-state index in [4.69, 9.17) is 21.1 Å². The first kappa shape index (κ1) is 15.2. The van der Waals surface area contributed by atoms with Gasteiger partial charge in [0.25, 0.3) is 0 Å². The summed E-state index contributed by atoms with van der Waals surface area (Å²) in [6.45, 7) is 1.32. The van der Waals surface area contributed by atoms with E-state index in [0.29, 0.717) is 5.75 Å². The van der Waals surface area contributed by atoms with E-state index in [1.54, 1.807) is 0 Å². The molecule has 94 valence electrons. The van der Waals surface area contributed by atoms with Gasteiger partial charge in [-0.3, -0.25) is 14.5 Å². The van der Waals surface area contributed by atoms with Gasteiger partial charge in [0.1, 0.15) is 12.1 Å². The third kappa shape index (κ3) is 5.91. The van der Waals surface area contributed by atoms with E-state index in [1.807, 2.05) is 4.90 Å². The summed E-state index contributed by atoms with van der Waals surface area (Å²) in [4.78, 5) is 21.8. The average Bonchev–Trinajstić information content (AvgIpc) is 3.02. The normalized spacial score (nSPS) is 17.9. The van der Waals surface area contributed by atoms with E-state index < -0.39 is 24.6 Å². The monoisotopic (exact) mass is 252 g/mol. The first-order valence-electron chi connectivity index (χ1n) is 4.61. The minimum absolute atomic E-state index is 0.353. The fraction of sp³-hybridized carbons (Fsp3) is 0.750. The summed E-state index contributed by atoms with van der Waals surface area (Å²) in [6, 6.07) is -1.48. The summed E-state index contributed by atoms with van der Waals surface area (Å²) in [7, 11) is 0. The molecular weight excluding hydrogens is 236 g/mol. The molecule has 0 amide bonds. The molecule has 1 fully saturated rings. The lowest BCUT2D eigenvalue weighted by Gasteiger charge is -2.07. The van der Waals surface area contributed by atoms with Crippen LogP contribution in [0.1, 0.15) is 0 Å². The number of aliphatic carboxylic acids is 2. The molecule has 2 atom stereocenters. The van der Waals surface area contributed by atoms with Crippen LogP contribution in [0, 0.1) is 0 Å². The molecule has 1 aliphatic heterocycles. The SMILES string of the molecule is N[C@@H](CO)C(=O)O.O=C(O)[C@H](CS)N1CC1. The van der Waals surface area contributed by atoms with Crippen molar-refractivity contribution in [2.24, 2.45) is 5.73 Å². The Kier molecular flexibility index (Phi) is 7.06. The summed E-state index contributed by atoms with van der Waals surface area (Å²) >= 11 is 3.91. The van der Waals surface area contributed by atoms with Crippen LogP contribution in [0.15, 0.2) is 0 Å². The smallest absolute Gasteiger partial charge is 0.322 e. The van der Waals surface area contributed by atoms with Crippen LogP contribution in [-0.2, 0) is 9.59 Å². The van der Waals surface area contributed by atoms with Crippen LogP contribution in [0.5, 0.6) is 0 Å². The molecule has 0 saturated carbocycles. The van der Waals surface area contributed by atoms with E-state index >= 15 is 0 Å². The highest BCUT2D eigenvalue weighted by Gasteiger charge is 2.31. The van der Waals surface area contributed by atoms with E-state index in [1.165, 1.54) is 0 Å². The van der Waals surface area contributed by atoms with Crippen molar-refractivity contribution in [1.29, 1.82) is 0 Å². The van der Waals surface area contributed by atoms with Gasteiger partial charge in [-0.25, -0.2) is 0 Å². The summed E-state index contributed by atoms with van der Waals surface area (Å²) in [5, 5.41) is 24.4. The Hall–Kier alpha value is -0.830. The van der Waals surface area contributed by atoms with Gasteiger partial charge in [0.05, 0.1) is 6.61 Å². The Balaban J connectivity index is 0.000000293. The number of carboxylic acids is 2. The Morgan fingerprint density at radius 2 is 1.81 bits per heavy atom. The predicted octanol–water partition coefficient (Wildman–Crippen LogP) is -1.92. The molecule has 0 aromatic heterocycles.